The molecule has 0 saturated carbocycles. The lowest BCUT2D eigenvalue weighted by Crippen LogP contribution is -2.17. The highest BCUT2D eigenvalue weighted by atomic mass is 19.1. The van der Waals surface area contributed by atoms with E-state index < -0.39 is 5.76 Å². The molecular weight excluding hydrogens is 299 g/mol. The van der Waals surface area contributed by atoms with Gasteiger partial charge in [-0.2, -0.15) is 4.68 Å². The van der Waals surface area contributed by atoms with Crippen molar-refractivity contribution in [2.24, 2.45) is 0 Å². The third kappa shape index (κ3) is 3.85. The number of aryl methyl sites for hydroxylation is 1. The fourth-order valence-electron chi connectivity index (χ4n) is 2.08. The lowest BCUT2D eigenvalue weighted by atomic mass is 10.2. The van der Waals surface area contributed by atoms with Gasteiger partial charge in [0.15, 0.2) is 0 Å². The van der Waals surface area contributed by atoms with Gasteiger partial charge in [-0.15, -0.1) is 5.10 Å². The molecule has 0 N–H and O–H groups in total. The predicted octanol–water partition coefficient (Wildman–Crippen LogP) is 3.11. The Morgan fingerprint density at radius 2 is 1.83 bits per heavy atom. The number of ether oxygens (including phenoxy) is 1. The lowest BCUT2D eigenvalue weighted by Gasteiger charge is -2.04. The van der Waals surface area contributed by atoms with Gasteiger partial charge in [-0.3, -0.25) is 0 Å². The second-order valence-electron chi connectivity index (χ2n) is 4.92. The predicted molar refractivity (Wildman–Crippen MR) is 82.7 cm³/mol. The number of para-hydroxylation sites is 1. The van der Waals surface area contributed by atoms with E-state index in [1.165, 1.54) is 28.9 Å². The van der Waals surface area contributed by atoms with Crippen LogP contribution in [0.3, 0.4) is 0 Å². The molecular formula is C17H15FN2O3. The number of hydrogen-bond donors (Lipinski definition) is 0. The van der Waals surface area contributed by atoms with Crippen molar-refractivity contribution in [1.29, 1.82) is 0 Å². The fraction of sp³-hybridized carbons (Fsp3) is 0.176. The maximum atomic E-state index is 12.9. The number of hydrogen-bond acceptors (Lipinski definition) is 4. The molecule has 0 aliphatic heterocycles. The van der Waals surface area contributed by atoms with Gasteiger partial charge in [0.25, 0.3) is 0 Å². The molecule has 1 aromatic heterocycles. The van der Waals surface area contributed by atoms with Gasteiger partial charge in [-0.25, -0.2) is 9.18 Å². The summed E-state index contributed by atoms with van der Waals surface area (Å²) in [6.07, 6.45) is 0.615. The van der Waals surface area contributed by atoms with Crippen LogP contribution in [0.15, 0.2) is 63.8 Å². The summed E-state index contributed by atoms with van der Waals surface area (Å²) in [5.41, 5.74) is 0.558. The zero-order valence-electron chi connectivity index (χ0n) is 12.3. The van der Waals surface area contributed by atoms with E-state index in [2.05, 4.69) is 5.10 Å². The summed E-state index contributed by atoms with van der Waals surface area (Å²) >= 11 is 0. The second-order valence-corrected chi connectivity index (χ2v) is 4.92. The van der Waals surface area contributed by atoms with E-state index in [9.17, 15) is 9.18 Å². The van der Waals surface area contributed by atoms with E-state index in [1.54, 1.807) is 0 Å². The molecule has 1 heterocycles. The standard InChI is InChI=1S/C17H15FN2O3/c18-14-9-7-13(8-10-14)16-19-20(17(21)23-16)11-4-12-22-15-5-2-1-3-6-15/h1-3,5-10H,4,11-12H2. The Balaban J connectivity index is 1.58. The van der Waals surface area contributed by atoms with Crippen LogP contribution in [0.5, 0.6) is 5.75 Å². The lowest BCUT2D eigenvalue weighted by molar-refractivity contribution is 0.296. The van der Waals surface area contributed by atoms with E-state index in [1.807, 2.05) is 30.3 Å². The first-order valence-corrected chi connectivity index (χ1v) is 7.24. The van der Waals surface area contributed by atoms with Gasteiger partial charge >= 0.3 is 5.76 Å². The third-order valence-electron chi connectivity index (χ3n) is 3.22. The van der Waals surface area contributed by atoms with Crippen LogP contribution in [0, 0.1) is 5.82 Å². The molecule has 2 aromatic carbocycles. The molecule has 0 saturated heterocycles. The van der Waals surface area contributed by atoms with Crippen LogP contribution in [-0.2, 0) is 6.54 Å². The van der Waals surface area contributed by atoms with Crippen molar-refractivity contribution in [3.05, 3.63) is 71.0 Å². The quantitative estimate of drug-likeness (QED) is 0.656. The molecule has 23 heavy (non-hydrogen) atoms. The Morgan fingerprint density at radius 1 is 1.09 bits per heavy atom. The molecule has 6 heteroatoms. The molecule has 0 aliphatic rings. The van der Waals surface area contributed by atoms with E-state index in [0.717, 1.165) is 5.75 Å². The molecule has 0 fully saturated rings. The number of halogens is 1. The first kappa shape index (κ1) is 15.0. The van der Waals surface area contributed by atoms with E-state index in [0.29, 0.717) is 25.1 Å². The Labute approximate surface area is 131 Å². The van der Waals surface area contributed by atoms with Gasteiger partial charge in [0.1, 0.15) is 11.6 Å². The summed E-state index contributed by atoms with van der Waals surface area (Å²) in [6, 6.07) is 15.1. The summed E-state index contributed by atoms with van der Waals surface area (Å²) < 4.78 is 24.8. The van der Waals surface area contributed by atoms with E-state index in [-0.39, 0.29) is 11.7 Å². The smallest absolute Gasteiger partial charge is 0.437 e. The van der Waals surface area contributed by atoms with Crippen molar-refractivity contribution in [1.82, 2.24) is 9.78 Å². The van der Waals surface area contributed by atoms with E-state index >= 15 is 0 Å². The summed E-state index contributed by atoms with van der Waals surface area (Å²) in [5, 5.41) is 4.11. The van der Waals surface area contributed by atoms with Gasteiger partial charge in [0.2, 0.25) is 5.89 Å². The monoisotopic (exact) mass is 314 g/mol. The largest absolute Gasteiger partial charge is 0.494 e. The highest BCUT2D eigenvalue weighted by molar-refractivity contribution is 5.51. The Bertz CT molecular complexity index is 810. The van der Waals surface area contributed by atoms with Crippen molar-refractivity contribution >= 4 is 0 Å². The van der Waals surface area contributed by atoms with Gasteiger partial charge < -0.3 is 9.15 Å². The molecule has 0 spiro atoms. The molecule has 0 atom stereocenters. The van der Waals surface area contributed by atoms with Crippen molar-refractivity contribution in [3.8, 4) is 17.2 Å². The average molecular weight is 314 g/mol. The van der Waals surface area contributed by atoms with E-state index in [4.69, 9.17) is 9.15 Å². The highest BCUT2D eigenvalue weighted by Crippen LogP contribution is 2.15. The van der Waals surface area contributed by atoms with Gasteiger partial charge in [0.05, 0.1) is 13.2 Å². The molecule has 118 valence electrons. The van der Waals surface area contributed by atoms with Crippen LogP contribution in [0.25, 0.3) is 11.5 Å². The number of rotatable bonds is 6. The number of benzene rings is 2. The first-order chi connectivity index (χ1) is 11.2. The van der Waals surface area contributed by atoms with Gasteiger partial charge in [-0.1, -0.05) is 18.2 Å². The minimum Gasteiger partial charge on any atom is -0.494 e. The molecule has 0 radical (unpaired) electrons. The van der Waals surface area contributed by atoms with Crippen LogP contribution < -0.4 is 10.5 Å². The van der Waals surface area contributed by atoms with Crippen molar-refractivity contribution < 1.29 is 13.5 Å². The molecule has 5 nitrogen and oxygen atoms in total. The Kier molecular flexibility index (Phi) is 4.52. The zero-order valence-corrected chi connectivity index (χ0v) is 12.3. The summed E-state index contributed by atoms with van der Waals surface area (Å²) in [4.78, 5) is 11.8. The maximum absolute atomic E-state index is 12.9. The molecule has 0 bridgehead atoms. The molecule has 0 aliphatic carbocycles. The third-order valence-corrected chi connectivity index (χ3v) is 3.22. The zero-order chi connectivity index (χ0) is 16.1. The molecule has 0 unspecified atom stereocenters. The Hall–Kier alpha value is -2.89. The minimum absolute atomic E-state index is 0.180. The highest BCUT2D eigenvalue weighted by Gasteiger charge is 2.10. The van der Waals surface area contributed by atoms with Crippen LogP contribution in [0.2, 0.25) is 0 Å². The fourth-order valence-corrected chi connectivity index (χ4v) is 2.08. The summed E-state index contributed by atoms with van der Waals surface area (Å²) in [7, 11) is 0. The SMILES string of the molecule is O=c1oc(-c2ccc(F)cc2)nn1CCCOc1ccccc1. The van der Waals surface area contributed by atoms with Crippen LogP contribution in [0.1, 0.15) is 6.42 Å². The van der Waals surface area contributed by atoms with Crippen molar-refractivity contribution in [2.45, 2.75) is 13.0 Å². The summed E-state index contributed by atoms with van der Waals surface area (Å²) in [5.74, 6) is 0.0728. The van der Waals surface area contributed by atoms with Gasteiger partial charge in [-0.05, 0) is 36.4 Å². The van der Waals surface area contributed by atoms with Crippen LogP contribution in [-0.4, -0.2) is 16.4 Å². The molecule has 3 rings (SSSR count). The first-order valence-electron chi connectivity index (χ1n) is 7.24. The number of aromatic nitrogens is 2. The van der Waals surface area contributed by atoms with Gasteiger partial charge in [0, 0.05) is 12.0 Å². The Morgan fingerprint density at radius 3 is 2.57 bits per heavy atom. The summed E-state index contributed by atoms with van der Waals surface area (Å²) in [6.45, 7) is 0.853. The van der Waals surface area contributed by atoms with Crippen molar-refractivity contribution in [2.75, 3.05) is 6.61 Å². The topological polar surface area (TPSA) is 57.3 Å². The van der Waals surface area contributed by atoms with Crippen LogP contribution in [0.4, 0.5) is 4.39 Å². The second kappa shape index (κ2) is 6.91. The minimum atomic E-state index is -0.538. The van der Waals surface area contributed by atoms with Crippen LogP contribution >= 0.6 is 0 Å². The number of nitrogens with zero attached hydrogens (tertiary/aromatic N) is 2. The maximum Gasteiger partial charge on any atom is 0.437 e. The van der Waals surface area contributed by atoms with Crippen molar-refractivity contribution in [3.63, 3.8) is 0 Å². The average Bonchev–Trinajstić information content (AvgIpc) is 2.94. The molecule has 3 aromatic rings. The molecule has 0 amide bonds. The normalized spacial score (nSPS) is 10.7.